The van der Waals surface area contributed by atoms with Crippen LogP contribution in [0.25, 0.3) is 0 Å². The number of aldehydes is 1. The maximum absolute atomic E-state index is 13.6. The van der Waals surface area contributed by atoms with Crippen LogP contribution >= 0.6 is 0 Å². The molecule has 0 saturated heterocycles. The van der Waals surface area contributed by atoms with E-state index in [1.54, 1.807) is 32.0 Å². The number of halogens is 1. The molecule has 1 aliphatic heterocycles. The zero-order chi connectivity index (χ0) is 28.3. The van der Waals surface area contributed by atoms with E-state index in [-0.39, 0.29) is 31.0 Å². The number of rotatable bonds is 9. The second-order valence-electron chi connectivity index (χ2n) is 9.72. The Kier molecular flexibility index (Phi) is 8.47. The first-order chi connectivity index (χ1) is 18.7. The van der Waals surface area contributed by atoms with Gasteiger partial charge in [0.2, 0.25) is 11.8 Å². The Morgan fingerprint density at radius 1 is 1.21 bits per heavy atom. The van der Waals surface area contributed by atoms with Crippen molar-refractivity contribution in [3.63, 3.8) is 0 Å². The zero-order valence-electron chi connectivity index (χ0n) is 21.9. The highest BCUT2D eigenvalue weighted by atomic mass is 19.1. The van der Waals surface area contributed by atoms with Crippen LogP contribution in [-0.4, -0.2) is 71.7 Å². The number of ether oxygens (including phenoxy) is 2. The summed E-state index contributed by atoms with van der Waals surface area (Å²) in [6, 6.07) is 7.74. The zero-order valence-corrected chi connectivity index (χ0v) is 21.9. The number of hydrogen-bond acceptors (Lipinski definition) is 7. The molecule has 0 aromatic heterocycles. The van der Waals surface area contributed by atoms with Crippen LogP contribution in [-0.2, 0) is 16.1 Å². The lowest BCUT2D eigenvalue weighted by Gasteiger charge is -2.40. The number of allylic oxidation sites excluding steroid dienone is 1. The van der Waals surface area contributed by atoms with Crippen LogP contribution in [0.1, 0.15) is 41.3 Å². The third-order valence-electron chi connectivity index (χ3n) is 6.73. The lowest BCUT2D eigenvalue weighted by atomic mass is 9.77. The second-order valence-corrected chi connectivity index (χ2v) is 9.72. The monoisotopic (exact) mass is 538 g/mol. The highest BCUT2D eigenvalue weighted by Crippen LogP contribution is 2.51. The molecule has 0 saturated carbocycles. The molecule has 0 spiro atoms. The first-order valence-electron chi connectivity index (χ1n) is 12.5. The molecule has 0 fully saturated rings. The highest BCUT2D eigenvalue weighted by Gasteiger charge is 2.51. The smallest absolute Gasteiger partial charge is 0.247 e. The fourth-order valence-electron chi connectivity index (χ4n) is 5.01. The van der Waals surface area contributed by atoms with E-state index in [1.807, 2.05) is 0 Å². The summed E-state index contributed by atoms with van der Waals surface area (Å²) in [5.41, 5.74) is 2.35. The minimum atomic E-state index is -1.28. The van der Waals surface area contributed by atoms with Gasteiger partial charge in [-0.3, -0.25) is 14.4 Å². The van der Waals surface area contributed by atoms with Crippen LogP contribution in [0.4, 0.5) is 4.39 Å². The van der Waals surface area contributed by atoms with Gasteiger partial charge >= 0.3 is 0 Å². The minimum Gasteiger partial charge on any atom is -0.493 e. The van der Waals surface area contributed by atoms with Gasteiger partial charge in [-0.2, -0.15) is 0 Å². The number of nitrogens with one attached hydrogen (secondary N) is 1. The Bertz CT molecular complexity index is 1320. The van der Waals surface area contributed by atoms with E-state index in [1.165, 1.54) is 42.4 Å². The molecule has 2 amide bonds. The fourth-order valence-corrected chi connectivity index (χ4v) is 5.01. The SMILES string of the molecule is COc1cc(C=O)cc2c1OC1C2C(C(=O)NCCO)=CC(N(Cc2ccc(F)cc2)C(=O)C=C(C)C)C1O. The van der Waals surface area contributed by atoms with Gasteiger partial charge in [0.25, 0.3) is 0 Å². The Hall–Kier alpha value is -4.02. The fraction of sp³-hybridized carbons (Fsp3) is 0.345. The summed E-state index contributed by atoms with van der Waals surface area (Å²) in [5, 5.41) is 23.5. The average Bonchev–Trinajstić information content (AvgIpc) is 3.31. The topological polar surface area (TPSA) is 125 Å². The number of amides is 2. The lowest BCUT2D eigenvalue weighted by molar-refractivity contribution is -0.133. The molecular formula is C29H31FN2O7. The van der Waals surface area contributed by atoms with E-state index in [4.69, 9.17) is 9.47 Å². The number of benzene rings is 2. The first kappa shape index (κ1) is 28.0. The van der Waals surface area contributed by atoms with Crippen LogP contribution in [0, 0.1) is 5.82 Å². The van der Waals surface area contributed by atoms with Crippen molar-refractivity contribution in [3.05, 3.63) is 82.2 Å². The minimum absolute atomic E-state index is 0.0117. The quantitative estimate of drug-likeness (QED) is 0.330. The van der Waals surface area contributed by atoms with Crippen molar-refractivity contribution in [3.8, 4) is 11.5 Å². The molecule has 2 aromatic carbocycles. The van der Waals surface area contributed by atoms with E-state index in [0.717, 1.165) is 5.57 Å². The molecule has 2 aromatic rings. The van der Waals surface area contributed by atoms with Gasteiger partial charge in [0.1, 0.15) is 24.3 Å². The van der Waals surface area contributed by atoms with Crippen molar-refractivity contribution in [2.45, 2.75) is 44.6 Å². The number of hydrogen-bond donors (Lipinski definition) is 3. The van der Waals surface area contributed by atoms with Crippen LogP contribution in [0.2, 0.25) is 0 Å². The number of fused-ring (bicyclic) bond motifs is 3. The molecule has 4 atom stereocenters. The van der Waals surface area contributed by atoms with E-state index in [0.29, 0.717) is 28.7 Å². The maximum Gasteiger partial charge on any atom is 0.247 e. The lowest BCUT2D eigenvalue weighted by Crippen LogP contribution is -2.55. The Balaban J connectivity index is 1.84. The van der Waals surface area contributed by atoms with Gasteiger partial charge in [0, 0.05) is 35.9 Å². The molecule has 0 bridgehead atoms. The van der Waals surface area contributed by atoms with Gasteiger partial charge in [-0.25, -0.2) is 4.39 Å². The van der Waals surface area contributed by atoms with E-state index in [2.05, 4.69) is 5.32 Å². The molecule has 2 aliphatic rings. The van der Waals surface area contributed by atoms with Crippen LogP contribution in [0.5, 0.6) is 11.5 Å². The van der Waals surface area contributed by atoms with Gasteiger partial charge < -0.3 is 29.9 Å². The van der Waals surface area contributed by atoms with Gasteiger partial charge in [0.05, 0.1) is 25.7 Å². The molecular weight excluding hydrogens is 507 g/mol. The van der Waals surface area contributed by atoms with Crippen molar-refractivity contribution < 1.29 is 38.5 Å². The molecule has 39 heavy (non-hydrogen) atoms. The predicted molar refractivity (Wildman–Crippen MR) is 140 cm³/mol. The van der Waals surface area contributed by atoms with Crippen molar-refractivity contribution in [1.82, 2.24) is 10.2 Å². The summed E-state index contributed by atoms with van der Waals surface area (Å²) < 4.78 is 25.2. The summed E-state index contributed by atoms with van der Waals surface area (Å²) in [6.07, 6.45) is 1.32. The molecule has 206 valence electrons. The normalized spacial score (nSPS) is 21.0. The molecule has 9 nitrogen and oxygen atoms in total. The average molecular weight is 539 g/mol. The molecule has 1 heterocycles. The number of methoxy groups -OCH3 is 1. The van der Waals surface area contributed by atoms with Crippen molar-refractivity contribution in [1.29, 1.82) is 0 Å². The summed E-state index contributed by atoms with van der Waals surface area (Å²) in [7, 11) is 1.42. The second kappa shape index (κ2) is 11.8. The summed E-state index contributed by atoms with van der Waals surface area (Å²) in [6.45, 7) is 3.25. The Morgan fingerprint density at radius 3 is 2.54 bits per heavy atom. The third-order valence-corrected chi connectivity index (χ3v) is 6.73. The Labute approximate surface area is 225 Å². The highest BCUT2D eigenvalue weighted by molar-refractivity contribution is 5.97. The van der Waals surface area contributed by atoms with E-state index < -0.39 is 41.8 Å². The van der Waals surface area contributed by atoms with E-state index in [9.17, 15) is 29.0 Å². The molecule has 3 N–H and O–H groups in total. The summed E-state index contributed by atoms with van der Waals surface area (Å²) in [5.74, 6) is -1.57. The van der Waals surface area contributed by atoms with Crippen molar-refractivity contribution >= 4 is 18.1 Å². The third kappa shape index (κ3) is 5.71. The maximum atomic E-state index is 13.6. The van der Waals surface area contributed by atoms with Crippen LogP contribution in [0.3, 0.4) is 0 Å². The van der Waals surface area contributed by atoms with Crippen LogP contribution in [0.15, 0.2) is 59.7 Å². The number of aliphatic hydroxyl groups is 2. The number of carbonyl (C=O) groups is 3. The van der Waals surface area contributed by atoms with Crippen molar-refractivity contribution in [2.75, 3.05) is 20.3 Å². The van der Waals surface area contributed by atoms with Gasteiger partial charge in [-0.15, -0.1) is 0 Å². The summed E-state index contributed by atoms with van der Waals surface area (Å²) in [4.78, 5) is 39.8. The molecule has 0 radical (unpaired) electrons. The number of aliphatic hydroxyl groups excluding tert-OH is 2. The number of carbonyl (C=O) groups excluding carboxylic acids is 3. The van der Waals surface area contributed by atoms with Crippen LogP contribution < -0.4 is 14.8 Å². The van der Waals surface area contributed by atoms with Gasteiger partial charge in [-0.05, 0) is 49.8 Å². The van der Waals surface area contributed by atoms with Gasteiger partial charge in [-0.1, -0.05) is 17.7 Å². The predicted octanol–water partition coefficient (Wildman–Crippen LogP) is 2.26. The first-order valence-corrected chi connectivity index (χ1v) is 12.5. The molecule has 4 rings (SSSR count). The standard InChI is InChI=1S/C29H31FN2O7/c1-16(2)10-24(35)32(14-17-4-6-19(30)7-5-17)22-13-21(29(37)31-8-9-33)25-20-11-18(15-34)12-23(38-3)27(20)39-28(25)26(22)36/h4-7,10-13,15,22,25-26,28,33,36H,8-9,14H2,1-3H3,(H,31,37). The number of nitrogens with zero attached hydrogens (tertiary/aromatic N) is 1. The largest absolute Gasteiger partial charge is 0.493 e. The van der Waals surface area contributed by atoms with Gasteiger partial charge in [0.15, 0.2) is 11.5 Å². The summed E-state index contributed by atoms with van der Waals surface area (Å²) >= 11 is 0. The van der Waals surface area contributed by atoms with E-state index >= 15 is 0 Å². The Morgan fingerprint density at radius 2 is 1.92 bits per heavy atom. The molecule has 10 heteroatoms. The van der Waals surface area contributed by atoms with Crippen molar-refractivity contribution in [2.24, 2.45) is 0 Å². The molecule has 4 unspecified atom stereocenters. The molecule has 1 aliphatic carbocycles.